The summed E-state index contributed by atoms with van der Waals surface area (Å²) < 4.78 is 24.9. The minimum Gasteiger partial charge on any atom is -0.328 e. The average Bonchev–Trinajstić information content (AvgIpc) is 2.58. The molecule has 0 aliphatic rings. The summed E-state index contributed by atoms with van der Waals surface area (Å²) in [6.07, 6.45) is 0.306. The summed E-state index contributed by atoms with van der Waals surface area (Å²) in [5, 5.41) is 4.44. The van der Waals surface area contributed by atoms with Gasteiger partial charge in [-0.2, -0.15) is 0 Å². The lowest BCUT2D eigenvalue weighted by Gasteiger charge is -2.27. The van der Waals surface area contributed by atoms with Crippen molar-refractivity contribution in [3.63, 3.8) is 0 Å². The number of fused-ring (bicyclic) bond motifs is 1. The summed E-state index contributed by atoms with van der Waals surface area (Å²) in [6.45, 7) is 16.3. The van der Waals surface area contributed by atoms with Gasteiger partial charge in [0.15, 0.2) is 0 Å². The molecule has 0 bridgehead atoms. The molecule has 0 heterocycles. The van der Waals surface area contributed by atoms with Crippen LogP contribution in [0.15, 0.2) is 36.4 Å². The van der Waals surface area contributed by atoms with E-state index in [4.69, 9.17) is 18.1 Å². The van der Waals surface area contributed by atoms with Crippen LogP contribution >= 0.6 is 16.8 Å². The molecule has 0 saturated heterocycles. The van der Waals surface area contributed by atoms with Crippen molar-refractivity contribution >= 4 is 38.1 Å². The van der Waals surface area contributed by atoms with E-state index in [1.807, 2.05) is 55.4 Å². The van der Waals surface area contributed by atoms with Gasteiger partial charge in [-0.25, -0.2) is 0 Å². The highest BCUT2D eigenvalue weighted by molar-refractivity contribution is 7.58. The van der Waals surface area contributed by atoms with Crippen LogP contribution in [0.25, 0.3) is 10.8 Å². The predicted octanol–water partition coefficient (Wildman–Crippen LogP) is 6.41. The Morgan fingerprint density at radius 2 is 0.857 bits per heavy atom. The molecule has 156 valence electrons. The predicted molar refractivity (Wildman–Crippen MR) is 122 cm³/mol. The van der Waals surface area contributed by atoms with Gasteiger partial charge in [0.1, 0.15) is 0 Å². The largest absolute Gasteiger partial charge is 0.328 e. The molecule has 0 unspecified atom stereocenters. The van der Waals surface area contributed by atoms with Gasteiger partial charge in [0.05, 0.1) is 24.4 Å². The number of hydrogen-bond donors (Lipinski definition) is 0. The Kier molecular flexibility index (Phi) is 9.28. The summed E-state index contributed by atoms with van der Waals surface area (Å²) in [6, 6.07) is 12.6. The van der Waals surface area contributed by atoms with Gasteiger partial charge in [-0.1, -0.05) is 24.3 Å². The van der Waals surface area contributed by atoms with E-state index >= 15 is 0 Å². The summed E-state index contributed by atoms with van der Waals surface area (Å²) in [7, 11) is -2.43. The first-order chi connectivity index (χ1) is 13.2. The number of rotatable bonds is 10. The quantitative estimate of drug-likeness (QED) is 0.413. The van der Waals surface area contributed by atoms with Crippen molar-refractivity contribution in [2.24, 2.45) is 0 Å². The molecule has 0 saturated carbocycles. The maximum absolute atomic E-state index is 6.22. The lowest BCUT2D eigenvalue weighted by Crippen LogP contribution is -2.20. The molecule has 6 heteroatoms. The maximum atomic E-state index is 6.22. The van der Waals surface area contributed by atoms with Gasteiger partial charge in [0.25, 0.3) is 0 Å². The smallest absolute Gasteiger partial charge is 0.206 e. The van der Waals surface area contributed by atoms with Gasteiger partial charge in [0.2, 0.25) is 16.8 Å². The molecule has 0 atom stereocenters. The van der Waals surface area contributed by atoms with Crippen LogP contribution in [0.3, 0.4) is 0 Å². The van der Waals surface area contributed by atoms with Gasteiger partial charge in [-0.3, -0.25) is 0 Å². The Morgan fingerprint density at radius 1 is 0.536 bits per heavy atom. The summed E-state index contributed by atoms with van der Waals surface area (Å²) in [4.78, 5) is 0. The average molecular weight is 424 g/mol. The van der Waals surface area contributed by atoms with Gasteiger partial charge < -0.3 is 18.1 Å². The molecule has 28 heavy (non-hydrogen) atoms. The third kappa shape index (κ3) is 6.73. The molecule has 2 aromatic carbocycles. The van der Waals surface area contributed by atoms with E-state index in [0.29, 0.717) is 0 Å². The minimum atomic E-state index is -1.22. The third-order valence-electron chi connectivity index (χ3n) is 3.48. The van der Waals surface area contributed by atoms with Crippen molar-refractivity contribution in [1.82, 2.24) is 0 Å². The van der Waals surface area contributed by atoms with E-state index in [2.05, 4.69) is 36.4 Å². The topological polar surface area (TPSA) is 36.9 Å². The molecular formula is C22H34O4P2. The highest BCUT2D eigenvalue weighted by Gasteiger charge is 2.26. The normalized spacial score (nSPS) is 12.6. The van der Waals surface area contributed by atoms with Crippen LogP contribution in [-0.4, -0.2) is 24.4 Å². The molecule has 0 radical (unpaired) electrons. The molecule has 0 spiro atoms. The molecule has 4 nitrogen and oxygen atoms in total. The Labute approximate surface area is 172 Å². The van der Waals surface area contributed by atoms with Crippen molar-refractivity contribution in [2.45, 2.75) is 79.8 Å². The first-order valence-electron chi connectivity index (χ1n) is 9.98. The molecule has 0 amide bonds. The van der Waals surface area contributed by atoms with Crippen molar-refractivity contribution in [3.05, 3.63) is 36.4 Å². The van der Waals surface area contributed by atoms with Crippen LogP contribution in [0.2, 0.25) is 0 Å². The first kappa shape index (κ1) is 23.7. The molecule has 0 aromatic heterocycles. The summed E-state index contributed by atoms with van der Waals surface area (Å²) in [5.41, 5.74) is 0. The first-order valence-corrected chi connectivity index (χ1v) is 12.3. The Hall–Kier alpha value is -0.600. The van der Waals surface area contributed by atoms with E-state index in [0.717, 1.165) is 21.4 Å². The highest BCUT2D eigenvalue weighted by atomic mass is 31.2. The highest BCUT2D eigenvalue weighted by Crippen LogP contribution is 2.46. The lowest BCUT2D eigenvalue weighted by atomic mass is 10.1. The fraction of sp³-hybridized carbons (Fsp3) is 0.545. The summed E-state index contributed by atoms with van der Waals surface area (Å²) in [5.74, 6) is 0. The van der Waals surface area contributed by atoms with Crippen LogP contribution in [0, 0.1) is 0 Å². The number of hydrogen-bond acceptors (Lipinski definition) is 4. The third-order valence-corrected chi connectivity index (χ3v) is 7.46. The zero-order valence-electron chi connectivity index (χ0n) is 18.3. The Balaban J connectivity index is 2.63. The van der Waals surface area contributed by atoms with E-state index in [9.17, 15) is 0 Å². The van der Waals surface area contributed by atoms with Crippen molar-refractivity contribution in [1.29, 1.82) is 0 Å². The van der Waals surface area contributed by atoms with Gasteiger partial charge >= 0.3 is 0 Å². The second-order valence-corrected chi connectivity index (χ2v) is 10.6. The lowest BCUT2D eigenvalue weighted by molar-refractivity contribution is 0.183. The standard InChI is InChI=1S/C22H34O4P2/c1-15(2)23-27(24-16(3)4)20-13-9-11-19-12-10-14-21(22(19)20)28(25-17(5)6)26-18(7)8/h9-18H,1-8H3. The van der Waals surface area contributed by atoms with E-state index in [1.165, 1.54) is 0 Å². The molecule has 0 aliphatic heterocycles. The van der Waals surface area contributed by atoms with Crippen molar-refractivity contribution in [3.8, 4) is 0 Å². The second-order valence-electron chi connectivity index (χ2n) is 7.78. The van der Waals surface area contributed by atoms with Crippen molar-refractivity contribution < 1.29 is 18.1 Å². The van der Waals surface area contributed by atoms with Crippen LogP contribution in [0.4, 0.5) is 0 Å². The fourth-order valence-electron chi connectivity index (χ4n) is 2.65. The Bertz CT molecular complexity index is 668. The molecule has 0 fully saturated rings. The van der Waals surface area contributed by atoms with Crippen molar-refractivity contribution in [2.75, 3.05) is 0 Å². The van der Waals surface area contributed by atoms with Gasteiger partial charge in [0, 0.05) is 16.0 Å². The minimum absolute atomic E-state index is 0.0765. The molecule has 0 N–H and O–H groups in total. The van der Waals surface area contributed by atoms with Crippen LogP contribution in [0.5, 0.6) is 0 Å². The van der Waals surface area contributed by atoms with E-state index in [1.54, 1.807) is 0 Å². The maximum Gasteiger partial charge on any atom is 0.206 e. The van der Waals surface area contributed by atoms with Crippen LogP contribution in [-0.2, 0) is 18.1 Å². The molecular weight excluding hydrogens is 390 g/mol. The van der Waals surface area contributed by atoms with E-state index < -0.39 is 16.8 Å². The summed E-state index contributed by atoms with van der Waals surface area (Å²) >= 11 is 0. The van der Waals surface area contributed by atoms with Gasteiger partial charge in [-0.05, 0) is 72.9 Å². The number of benzene rings is 2. The second kappa shape index (κ2) is 11.0. The zero-order valence-corrected chi connectivity index (χ0v) is 20.1. The van der Waals surface area contributed by atoms with Gasteiger partial charge in [-0.15, -0.1) is 0 Å². The molecule has 2 aromatic rings. The van der Waals surface area contributed by atoms with E-state index in [-0.39, 0.29) is 24.4 Å². The fourth-order valence-corrected chi connectivity index (χ4v) is 6.10. The Morgan fingerprint density at radius 3 is 1.14 bits per heavy atom. The monoisotopic (exact) mass is 424 g/mol. The molecule has 2 rings (SSSR count). The molecule has 0 aliphatic carbocycles. The SMILES string of the molecule is CC(C)OP(OC(C)C)c1cccc2cccc(P(OC(C)C)OC(C)C)c12. The van der Waals surface area contributed by atoms with Crippen LogP contribution in [0.1, 0.15) is 55.4 Å². The van der Waals surface area contributed by atoms with Crippen LogP contribution < -0.4 is 10.6 Å². The zero-order chi connectivity index (χ0) is 20.8.